The maximum atomic E-state index is 9.10. The Kier molecular flexibility index (Phi) is 15.0. The van der Waals surface area contributed by atoms with Gasteiger partial charge < -0.3 is 17.6 Å². The van der Waals surface area contributed by atoms with Crippen LogP contribution in [0.4, 0.5) is 0 Å². The fourth-order valence-corrected chi connectivity index (χ4v) is 0. The summed E-state index contributed by atoms with van der Waals surface area (Å²) in [6.07, 6.45) is 0. The third-order valence-electron chi connectivity index (χ3n) is 0.183. The van der Waals surface area contributed by atoms with Crippen molar-refractivity contribution < 1.29 is 71.2 Å². The molecule has 0 spiro atoms. The molecule has 2 N–H and O–H groups in total. The zero-order valence-electron chi connectivity index (χ0n) is 4.71. The molecule has 4 nitrogen and oxygen atoms in total. The van der Waals surface area contributed by atoms with E-state index in [0.29, 0.717) is 0 Å². The molecule has 0 unspecified atom stereocenters. The third-order valence-corrected chi connectivity index (χ3v) is 0.183. The van der Waals surface area contributed by atoms with Crippen molar-refractivity contribution in [1.82, 2.24) is 0 Å². The quantitative estimate of drug-likeness (QED) is 0.211. The number of rotatable bonds is 0. The van der Waals surface area contributed by atoms with E-state index in [1.807, 2.05) is 0 Å². The fraction of sp³-hybridized carbons (Fsp3) is 0. The van der Waals surface area contributed by atoms with Crippen molar-refractivity contribution in [2.75, 3.05) is 0 Å². The van der Waals surface area contributed by atoms with Crippen molar-refractivity contribution in [2.45, 2.75) is 0 Å². The number of hydrogen-bond donors (Lipinski definition) is 2. The minimum absolute atomic E-state index is 0. The Morgan fingerprint density at radius 1 is 1.00 bits per heavy atom. The van der Waals surface area contributed by atoms with Gasteiger partial charge in [-0.1, -0.05) is 0 Å². The van der Waals surface area contributed by atoms with E-state index < -0.39 is 11.9 Å². The van der Waals surface area contributed by atoms with Gasteiger partial charge in [0.25, 0.3) is 0 Å². The average Bonchev–Trinajstić information content (AvgIpc) is 1.36. The monoisotopic (exact) mass is 144 g/mol. The third kappa shape index (κ3) is 9.76. The van der Waals surface area contributed by atoms with E-state index in [1.165, 1.54) is 0 Å². The summed E-state index contributed by atoms with van der Waals surface area (Å²) in [5.74, 6) is -3.65. The molecule has 0 aromatic rings. The van der Waals surface area contributed by atoms with Gasteiger partial charge in [-0.05, 0) is 0 Å². The Bertz CT molecular complexity index is 77.3. The molecule has 0 fully saturated rings. The van der Waals surface area contributed by atoms with Crippen LogP contribution in [-0.2, 0) is 9.59 Å². The molecule has 0 saturated heterocycles. The summed E-state index contributed by atoms with van der Waals surface area (Å²) in [5, 5.41) is 14.8. The van der Waals surface area contributed by atoms with Crippen LogP contribution in [0.25, 0.3) is 0 Å². The van der Waals surface area contributed by atoms with Crippen LogP contribution in [0.2, 0.25) is 0 Å². The van der Waals surface area contributed by atoms with Gasteiger partial charge in [0.1, 0.15) is 0 Å². The molecule has 0 aliphatic heterocycles. The summed E-state index contributed by atoms with van der Waals surface area (Å²) in [6, 6.07) is 0. The Morgan fingerprint density at radius 2 is 1.12 bits per heavy atom. The summed E-state index contributed by atoms with van der Waals surface area (Å²) >= 11 is 0. The number of hydrogen-bond acceptors (Lipinski definition) is 2. The van der Waals surface area contributed by atoms with Crippen molar-refractivity contribution in [2.24, 2.45) is 0 Å². The largest absolute Gasteiger partial charge is 1.00 e. The smallest absolute Gasteiger partial charge is 0.473 e. The van der Waals surface area contributed by atoms with Crippen LogP contribution >= 0.6 is 0 Å². The zero-order chi connectivity index (χ0) is 5.15. The molecule has 0 atom stereocenters. The van der Waals surface area contributed by atoms with Gasteiger partial charge in [-0.15, -0.1) is 0 Å². The molecule has 0 aromatic carbocycles. The van der Waals surface area contributed by atoms with Crippen LogP contribution in [0, 0.1) is 7.43 Å². The van der Waals surface area contributed by atoms with Crippen molar-refractivity contribution in [1.29, 1.82) is 0 Å². The molecule has 0 aliphatic carbocycles. The van der Waals surface area contributed by atoms with Crippen LogP contribution in [-0.4, -0.2) is 22.2 Å². The maximum absolute atomic E-state index is 9.10. The summed E-state index contributed by atoms with van der Waals surface area (Å²) < 4.78 is 0. The molecule has 0 amide bonds. The van der Waals surface area contributed by atoms with Crippen molar-refractivity contribution in [3.8, 4) is 0 Å². The van der Waals surface area contributed by atoms with Gasteiger partial charge in [0.2, 0.25) is 0 Å². The molecule has 0 radical (unpaired) electrons. The van der Waals surface area contributed by atoms with E-state index in [1.54, 1.807) is 0 Å². The second-order valence-electron chi connectivity index (χ2n) is 0.610. The van der Waals surface area contributed by atoms with E-state index in [0.717, 1.165) is 0 Å². The minimum atomic E-state index is -1.82. The van der Waals surface area contributed by atoms with Crippen molar-refractivity contribution in [3.05, 3.63) is 7.43 Å². The number of aliphatic carboxylic acids is 2. The van der Waals surface area contributed by atoms with E-state index in [2.05, 4.69) is 0 Å². The first-order valence-electron chi connectivity index (χ1n) is 1.11. The average molecular weight is 144 g/mol. The molecule has 0 bridgehead atoms. The molecule has 0 heterocycles. The molecule has 42 valence electrons. The van der Waals surface area contributed by atoms with Gasteiger partial charge in [0.05, 0.1) is 0 Å². The topological polar surface area (TPSA) is 74.6 Å². The minimum Gasteiger partial charge on any atom is -0.473 e. The predicted molar refractivity (Wildman–Crippen MR) is 21.7 cm³/mol. The first kappa shape index (κ1) is 15.8. The number of carboxylic acids is 2. The van der Waals surface area contributed by atoms with Crippen LogP contribution in [0.3, 0.4) is 0 Å². The van der Waals surface area contributed by atoms with Crippen LogP contribution < -0.4 is 51.4 Å². The summed E-state index contributed by atoms with van der Waals surface area (Å²) in [4.78, 5) is 18.2. The second kappa shape index (κ2) is 7.58. The van der Waals surface area contributed by atoms with Crippen molar-refractivity contribution >= 4 is 11.9 Å². The molecule has 0 aliphatic rings. The van der Waals surface area contributed by atoms with Crippen LogP contribution in [0.1, 0.15) is 0 Å². The SMILES string of the molecule is O=C(O)C(=O)O.[CH3-].[K+]. The summed E-state index contributed by atoms with van der Waals surface area (Å²) in [6.45, 7) is 0. The molecule has 0 aromatic heterocycles. The fourth-order valence-electron chi connectivity index (χ4n) is 0. The Balaban J connectivity index is -0.000000125. The summed E-state index contributed by atoms with van der Waals surface area (Å²) in [5.41, 5.74) is 0. The first-order valence-corrected chi connectivity index (χ1v) is 1.11. The van der Waals surface area contributed by atoms with E-state index >= 15 is 0 Å². The molecule has 8 heavy (non-hydrogen) atoms. The van der Waals surface area contributed by atoms with E-state index in [4.69, 9.17) is 19.8 Å². The zero-order valence-corrected chi connectivity index (χ0v) is 7.83. The van der Waals surface area contributed by atoms with Gasteiger partial charge in [0, 0.05) is 0 Å². The van der Waals surface area contributed by atoms with Crippen LogP contribution in [0.5, 0.6) is 0 Å². The molecular formula is C3H5KO4. The van der Waals surface area contributed by atoms with Gasteiger partial charge in [0.15, 0.2) is 0 Å². The molecular weight excluding hydrogens is 139 g/mol. The second-order valence-corrected chi connectivity index (χ2v) is 0.610. The van der Waals surface area contributed by atoms with Gasteiger partial charge in [-0.25, -0.2) is 9.59 Å². The normalized spacial score (nSPS) is 5.50. The Morgan fingerprint density at radius 3 is 1.12 bits per heavy atom. The molecule has 0 saturated carbocycles. The Hall–Kier alpha value is 0.576. The molecule has 0 rings (SSSR count). The standard InChI is InChI=1S/C2H2O4.CH3.K/c3-1(4)2(5)6;;/h(H,3,4)(H,5,6);1H3;/q;-1;+1. The Labute approximate surface area is 89.3 Å². The van der Waals surface area contributed by atoms with Gasteiger partial charge >= 0.3 is 63.3 Å². The number of carboxylic acid groups (broad SMARTS) is 2. The van der Waals surface area contributed by atoms with Gasteiger partial charge in [-0.2, -0.15) is 0 Å². The summed E-state index contributed by atoms with van der Waals surface area (Å²) in [7, 11) is 0. The van der Waals surface area contributed by atoms with E-state index in [9.17, 15) is 0 Å². The van der Waals surface area contributed by atoms with Gasteiger partial charge in [-0.3, -0.25) is 0 Å². The predicted octanol–water partition coefficient (Wildman–Crippen LogP) is -3.39. The number of carbonyl (C=O) groups is 2. The molecule has 5 heteroatoms. The maximum Gasteiger partial charge on any atom is 1.00 e. The van der Waals surface area contributed by atoms with E-state index in [-0.39, 0.29) is 58.8 Å². The first-order chi connectivity index (χ1) is 2.64. The van der Waals surface area contributed by atoms with Crippen molar-refractivity contribution in [3.63, 3.8) is 0 Å². The van der Waals surface area contributed by atoms with Crippen LogP contribution in [0.15, 0.2) is 0 Å².